The lowest BCUT2D eigenvalue weighted by Crippen LogP contribution is -2.27. The summed E-state index contributed by atoms with van der Waals surface area (Å²) in [7, 11) is 1.79. The molecule has 1 aromatic heterocycles. The zero-order valence-corrected chi connectivity index (χ0v) is 14.4. The standard InChI is InChI=1S/C18H23N5O2/c1-3-12-25-15-6-4-14(5-7-15)17(24)21-18-20-16(22-23(18)2)13-8-10-19-11-9-13/h3-7,13,19H,1,8-12H2,2H3,(H,20,21,22,24). The summed E-state index contributed by atoms with van der Waals surface area (Å²) < 4.78 is 7.04. The molecule has 1 amide bonds. The average Bonchev–Trinajstić information content (AvgIpc) is 3.01. The van der Waals surface area contributed by atoms with Crippen LogP contribution in [0.5, 0.6) is 5.75 Å². The highest BCUT2D eigenvalue weighted by Crippen LogP contribution is 2.23. The molecule has 2 aromatic rings. The maximum Gasteiger partial charge on any atom is 0.258 e. The number of hydrogen-bond acceptors (Lipinski definition) is 5. The van der Waals surface area contributed by atoms with Crippen molar-refractivity contribution >= 4 is 11.9 Å². The van der Waals surface area contributed by atoms with Crippen LogP contribution in [0.1, 0.15) is 34.9 Å². The van der Waals surface area contributed by atoms with Gasteiger partial charge in [-0.2, -0.15) is 10.1 Å². The third-order valence-corrected chi connectivity index (χ3v) is 4.19. The fourth-order valence-electron chi connectivity index (χ4n) is 2.80. The first-order chi connectivity index (χ1) is 12.2. The fourth-order valence-corrected chi connectivity index (χ4v) is 2.80. The molecule has 1 aliphatic rings. The van der Waals surface area contributed by atoms with Gasteiger partial charge in [-0.25, -0.2) is 4.68 Å². The van der Waals surface area contributed by atoms with E-state index in [1.807, 2.05) is 0 Å². The van der Waals surface area contributed by atoms with Crippen molar-refractivity contribution in [3.05, 3.63) is 48.3 Å². The van der Waals surface area contributed by atoms with Crippen molar-refractivity contribution in [1.82, 2.24) is 20.1 Å². The lowest BCUT2D eigenvalue weighted by molar-refractivity contribution is 0.102. The SMILES string of the molecule is C=CCOc1ccc(C(=O)Nc2nc(C3CCNCC3)nn2C)cc1. The Labute approximate surface area is 147 Å². The number of piperidine rings is 1. The molecule has 1 saturated heterocycles. The van der Waals surface area contributed by atoms with Crippen molar-refractivity contribution in [3.8, 4) is 5.75 Å². The summed E-state index contributed by atoms with van der Waals surface area (Å²) >= 11 is 0. The molecule has 0 aliphatic carbocycles. The minimum Gasteiger partial charge on any atom is -0.490 e. The third kappa shape index (κ3) is 4.24. The van der Waals surface area contributed by atoms with E-state index >= 15 is 0 Å². The van der Waals surface area contributed by atoms with E-state index in [1.54, 1.807) is 42.1 Å². The minimum atomic E-state index is -0.220. The van der Waals surface area contributed by atoms with Crippen LogP contribution in [-0.4, -0.2) is 40.4 Å². The molecular weight excluding hydrogens is 318 g/mol. The van der Waals surface area contributed by atoms with Crippen LogP contribution in [0.2, 0.25) is 0 Å². The van der Waals surface area contributed by atoms with Gasteiger partial charge < -0.3 is 10.1 Å². The zero-order chi connectivity index (χ0) is 17.6. The molecule has 0 saturated carbocycles. The summed E-state index contributed by atoms with van der Waals surface area (Å²) in [6.45, 7) is 5.99. The van der Waals surface area contributed by atoms with Crippen LogP contribution < -0.4 is 15.4 Å². The molecule has 0 radical (unpaired) electrons. The number of aryl methyl sites for hydroxylation is 1. The highest BCUT2D eigenvalue weighted by molar-refractivity contribution is 6.03. The number of amides is 1. The first kappa shape index (κ1) is 17.2. The molecule has 0 atom stereocenters. The topological polar surface area (TPSA) is 81.1 Å². The highest BCUT2D eigenvalue weighted by atomic mass is 16.5. The normalized spacial score (nSPS) is 14.9. The predicted octanol–water partition coefficient (Wildman–Crippen LogP) is 2.10. The number of benzene rings is 1. The molecule has 0 bridgehead atoms. The van der Waals surface area contributed by atoms with Crippen molar-refractivity contribution in [2.24, 2.45) is 7.05 Å². The molecule has 7 heteroatoms. The van der Waals surface area contributed by atoms with Gasteiger partial charge in [0.05, 0.1) is 0 Å². The number of carbonyl (C=O) groups is 1. The molecule has 1 aliphatic heterocycles. The number of ether oxygens (including phenoxy) is 1. The summed E-state index contributed by atoms with van der Waals surface area (Å²) in [5.74, 6) is 2.09. The summed E-state index contributed by atoms with van der Waals surface area (Å²) in [4.78, 5) is 16.9. The number of hydrogen-bond donors (Lipinski definition) is 2. The van der Waals surface area contributed by atoms with Crippen LogP contribution in [0.3, 0.4) is 0 Å². The predicted molar refractivity (Wildman–Crippen MR) is 95.9 cm³/mol. The molecule has 0 spiro atoms. The molecule has 1 aromatic carbocycles. The Morgan fingerprint density at radius 3 is 2.80 bits per heavy atom. The van der Waals surface area contributed by atoms with Crippen molar-refractivity contribution in [3.63, 3.8) is 0 Å². The van der Waals surface area contributed by atoms with Gasteiger partial charge in [-0.1, -0.05) is 12.7 Å². The molecule has 25 heavy (non-hydrogen) atoms. The van der Waals surface area contributed by atoms with Crippen LogP contribution >= 0.6 is 0 Å². The summed E-state index contributed by atoms with van der Waals surface area (Å²) in [6.07, 6.45) is 3.71. The molecule has 1 fully saturated rings. The van der Waals surface area contributed by atoms with E-state index in [1.165, 1.54) is 0 Å². The minimum absolute atomic E-state index is 0.220. The van der Waals surface area contributed by atoms with Crippen molar-refractivity contribution < 1.29 is 9.53 Å². The fraction of sp³-hybridized carbons (Fsp3) is 0.389. The van der Waals surface area contributed by atoms with Crippen LogP contribution in [0.4, 0.5) is 5.95 Å². The Balaban J connectivity index is 1.66. The summed E-state index contributed by atoms with van der Waals surface area (Å²) in [6, 6.07) is 6.96. The number of nitrogens with zero attached hydrogens (tertiary/aromatic N) is 3. The second kappa shape index (κ2) is 7.94. The van der Waals surface area contributed by atoms with Gasteiger partial charge in [0.2, 0.25) is 5.95 Å². The average molecular weight is 341 g/mol. The quantitative estimate of drug-likeness (QED) is 0.787. The van der Waals surface area contributed by atoms with E-state index in [0.717, 1.165) is 31.8 Å². The number of anilines is 1. The van der Waals surface area contributed by atoms with Gasteiger partial charge >= 0.3 is 0 Å². The number of aromatic nitrogens is 3. The largest absolute Gasteiger partial charge is 0.490 e. The van der Waals surface area contributed by atoms with Crippen molar-refractivity contribution in [1.29, 1.82) is 0 Å². The monoisotopic (exact) mass is 341 g/mol. The van der Waals surface area contributed by atoms with Crippen LogP contribution in [0, 0.1) is 0 Å². The second-order valence-electron chi connectivity index (χ2n) is 6.02. The molecule has 0 unspecified atom stereocenters. The van der Waals surface area contributed by atoms with Gasteiger partial charge in [0.25, 0.3) is 5.91 Å². The van der Waals surface area contributed by atoms with Crippen LogP contribution in [0.25, 0.3) is 0 Å². The van der Waals surface area contributed by atoms with Gasteiger partial charge in [-0.05, 0) is 50.2 Å². The lowest BCUT2D eigenvalue weighted by Gasteiger charge is -2.19. The van der Waals surface area contributed by atoms with Gasteiger partial charge in [0, 0.05) is 18.5 Å². The Morgan fingerprint density at radius 2 is 2.12 bits per heavy atom. The van der Waals surface area contributed by atoms with E-state index in [4.69, 9.17) is 4.74 Å². The summed E-state index contributed by atoms with van der Waals surface area (Å²) in [5, 5.41) is 10.6. The van der Waals surface area contributed by atoms with E-state index in [2.05, 4.69) is 27.3 Å². The molecule has 2 N–H and O–H groups in total. The lowest BCUT2D eigenvalue weighted by atomic mass is 9.98. The van der Waals surface area contributed by atoms with Gasteiger partial charge in [0.15, 0.2) is 5.82 Å². The Morgan fingerprint density at radius 1 is 1.40 bits per heavy atom. The van der Waals surface area contributed by atoms with Crippen molar-refractivity contribution in [2.75, 3.05) is 25.0 Å². The third-order valence-electron chi connectivity index (χ3n) is 4.19. The molecule has 132 valence electrons. The van der Waals surface area contributed by atoms with Crippen LogP contribution in [0.15, 0.2) is 36.9 Å². The highest BCUT2D eigenvalue weighted by Gasteiger charge is 2.21. The molecular formula is C18H23N5O2. The first-order valence-corrected chi connectivity index (χ1v) is 8.44. The number of nitrogens with one attached hydrogen (secondary N) is 2. The Bertz CT molecular complexity index is 732. The second-order valence-corrected chi connectivity index (χ2v) is 6.02. The van der Waals surface area contributed by atoms with E-state index in [0.29, 0.717) is 29.8 Å². The zero-order valence-electron chi connectivity index (χ0n) is 14.4. The van der Waals surface area contributed by atoms with Crippen LogP contribution in [-0.2, 0) is 7.05 Å². The van der Waals surface area contributed by atoms with E-state index in [-0.39, 0.29) is 5.91 Å². The van der Waals surface area contributed by atoms with Gasteiger partial charge in [0.1, 0.15) is 12.4 Å². The van der Waals surface area contributed by atoms with E-state index < -0.39 is 0 Å². The van der Waals surface area contributed by atoms with E-state index in [9.17, 15) is 4.79 Å². The smallest absolute Gasteiger partial charge is 0.258 e. The summed E-state index contributed by atoms with van der Waals surface area (Å²) in [5.41, 5.74) is 0.539. The Hall–Kier alpha value is -2.67. The first-order valence-electron chi connectivity index (χ1n) is 8.44. The van der Waals surface area contributed by atoms with Gasteiger partial charge in [-0.15, -0.1) is 0 Å². The molecule has 2 heterocycles. The Kier molecular flexibility index (Phi) is 5.45. The van der Waals surface area contributed by atoms with Crippen molar-refractivity contribution in [2.45, 2.75) is 18.8 Å². The van der Waals surface area contributed by atoms with Gasteiger partial charge in [-0.3, -0.25) is 10.1 Å². The molecule has 7 nitrogen and oxygen atoms in total. The number of carbonyl (C=O) groups excluding carboxylic acids is 1. The number of rotatable bonds is 6. The maximum atomic E-state index is 12.4. The maximum absolute atomic E-state index is 12.4. The molecule has 3 rings (SSSR count).